The first-order valence-electron chi connectivity index (χ1n) is 4.30. The Morgan fingerprint density at radius 3 is 1.39 bits per heavy atom. The van der Waals surface area contributed by atoms with Crippen LogP contribution in [0.2, 0.25) is 0 Å². The minimum Gasteiger partial charge on any atom is -0.398 e. The molecule has 0 unspecified atom stereocenters. The predicted octanol–water partition coefficient (Wildman–Crippen LogP) is 4.24. The Bertz CT molecular complexity index is 410. The Kier molecular flexibility index (Phi) is 3.46. The zero-order valence-electron chi connectivity index (χ0n) is 8.33. The number of nitrogens with two attached hydrogens (primary N) is 1. The SMILES string of the molecule is Nc1c(C(F)(F)F)cc(C(F)F)cc1C(F)(F)F. The summed E-state index contributed by atoms with van der Waals surface area (Å²) >= 11 is 0. The van der Waals surface area contributed by atoms with Crippen molar-refractivity contribution in [3.05, 3.63) is 28.8 Å². The number of halogens is 8. The monoisotopic (exact) mass is 279 g/mol. The summed E-state index contributed by atoms with van der Waals surface area (Å²) in [4.78, 5) is 0. The topological polar surface area (TPSA) is 26.0 Å². The first-order valence-corrected chi connectivity index (χ1v) is 4.30. The van der Waals surface area contributed by atoms with Crippen LogP contribution in [-0.2, 0) is 12.4 Å². The van der Waals surface area contributed by atoms with Crippen molar-refractivity contribution in [2.45, 2.75) is 18.8 Å². The number of hydrogen-bond acceptors (Lipinski definition) is 1. The summed E-state index contributed by atoms with van der Waals surface area (Å²) in [6.45, 7) is 0. The molecule has 0 aliphatic heterocycles. The van der Waals surface area contributed by atoms with Gasteiger partial charge < -0.3 is 5.73 Å². The molecule has 2 N–H and O–H groups in total. The molecule has 0 atom stereocenters. The second kappa shape index (κ2) is 4.29. The van der Waals surface area contributed by atoms with E-state index in [1.807, 2.05) is 0 Å². The number of rotatable bonds is 1. The Hall–Kier alpha value is -1.54. The lowest BCUT2D eigenvalue weighted by atomic mass is 10.0. The van der Waals surface area contributed by atoms with E-state index in [2.05, 4.69) is 0 Å². The van der Waals surface area contributed by atoms with E-state index in [9.17, 15) is 35.1 Å². The van der Waals surface area contributed by atoms with Gasteiger partial charge in [-0.1, -0.05) is 0 Å². The van der Waals surface area contributed by atoms with Gasteiger partial charge in [0.1, 0.15) is 0 Å². The smallest absolute Gasteiger partial charge is 0.398 e. The van der Waals surface area contributed by atoms with Crippen molar-refractivity contribution < 1.29 is 35.1 Å². The maximum absolute atomic E-state index is 12.4. The summed E-state index contributed by atoms with van der Waals surface area (Å²) in [5, 5.41) is 0. The first kappa shape index (κ1) is 14.5. The predicted molar refractivity (Wildman–Crippen MR) is 45.8 cm³/mol. The molecule has 0 fully saturated rings. The second-order valence-corrected chi connectivity index (χ2v) is 3.33. The van der Waals surface area contributed by atoms with Crippen molar-refractivity contribution in [2.24, 2.45) is 0 Å². The van der Waals surface area contributed by atoms with Crippen molar-refractivity contribution in [1.29, 1.82) is 0 Å². The lowest BCUT2D eigenvalue weighted by Gasteiger charge is -2.17. The van der Waals surface area contributed by atoms with Crippen molar-refractivity contribution in [2.75, 3.05) is 5.73 Å². The minimum absolute atomic E-state index is 0.0881. The van der Waals surface area contributed by atoms with Crippen LogP contribution in [0.25, 0.3) is 0 Å². The lowest BCUT2D eigenvalue weighted by Crippen LogP contribution is -2.16. The average Bonchev–Trinajstić information content (AvgIpc) is 2.13. The molecule has 1 nitrogen and oxygen atoms in total. The van der Waals surface area contributed by atoms with Crippen LogP contribution in [0.5, 0.6) is 0 Å². The molecule has 0 saturated carbocycles. The van der Waals surface area contributed by atoms with Crippen LogP contribution in [0.4, 0.5) is 40.8 Å². The van der Waals surface area contributed by atoms with Gasteiger partial charge in [-0.05, 0) is 12.1 Å². The molecule has 1 aromatic rings. The fraction of sp³-hybridized carbons (Fsp3) is 0.333. The first-order chi connectivity index (χ1) is 7.94. The highest BCUT2D eigenvalue weighted by Crippen LogP contribution is 2.43. The third-order valence-corrected chi connectivity index (χ3v) is 2.07. The van der Waals surface area contributed by atoms with Gasteiger partial charge in [0.25, 0.3) is 6.43 Å². The number of benzene rings is 1. The van der Waals surface area contributed by atoms with Gasteiger partial charge in [-0.2, -0.15) is 26.3 Å². The van der Waals surface area contributed by atoms with Crippen molar-refractivity contribution in [3.63, 3.8) is 0 Å². The van der Waals surface area contributed by atoms with Crippen LogP contribution in [0.15, 0.2) is 12.1 Å². The van der Waals surface area contributed by atoms with E-state index in [1.54, 1.807) is 0 Å². The Morgan fingerprint density at radius 2 is 1.17 bits per heavy atom. The van der Waals surface area contributed by atoms with Gasteiger partial charge in [-0.15, -0.1) is 0 Å². The van der Waals surface area contributed by atoms with Crippen LogP contribution in [0.1, 0.15) is 23.1 Å². The maximum Gasteiger partial charge on any atom is 0.418 e. The molecule has 1 aromatic carbocycles. The van der Waals surface area contributed by atoms with E-state index in [-0.39, 0.29) is 12.1 Å². The summed E-state index contributed by atoms with van der Waals surface area (Å²) in [6, 6.07) is -0.176. The number of alkyl halides is 8. The molecule has 0 amide bonds. The summed E-state index contributed by atoms with van der Waals surface area (Å²) < 4.78 is 98.7. The van der Waals surface area contributed by atoms with Crippen LogP contribution in [0, 0.1) is 0 Å². The Balaban J connectivity index is 3.59. The Labute approximate surface area is 95.2 Å². The highest BCUT2D eigenvalue weighted by molar-refractivity contribution is 5.58. The minimum atomic E-state index is -5.24. The molecule has 0 radical (unpaired) electrons. The molecular weight excluding hydrogens is 274 g/mol. The van der Waals surface area contributed by atoms with Gasteiger partial charge >= 0.3 is 12.4 Å². The molecule has 9 heteroatoms. The van der Waals surface area contributed by atoms with Crippen LogP contribution in [-0.4, -0.2) is 0 Å². The molecule has 0 aliphatic carbocycles. The summed E-state index contributed by atoms with van der Waals surface area (Å²) in [7, 11) is 0. The normalized spacial score (nSPS) is 13.2. The Morgan fingerprint density at radius 1 is 0.833 bits per heavy atom. The van der Waals surface area contributed by atoms with E-state index in [0.717, 1.165) is 0 Å². The molecule has 0 aliphatic rings. The number of nitrogen functional groups attached to an aromatic ring is 1. The second-order valence-electron chi connectivity index (χ2n) is 3.33. The summed E-state index contributed by atoms with van der Waals surface area (Å²) in [5.41, 5.74) is -2.10. The number of anilines is 1. The molecule has 0 heterocycles. The van der Waals surface area contributed by atoms with Crippen molar-refractivity contribution in [3.8, 4) is 0 Å². The largest absolute Gasteiger partial charge is 0.418 e. The molecule has 0 aromatic heterocycles. The summed E-state index contributed by atoms with van der Waals surface area (Å²) in [5.74, 6) is 0. The molecule has 1 rings (SSSR count). The quantitative estimate of drug-likeness (QED) is 0.603. The van der Waals surface area contributed by atoms with Gasteiger partial charge in [0.2, 0.25) is 0 Å². The van der Waals surface area contributed by atoms with E-state index in [0.29, 0.717) is 0 Å². The van der Waals surface area contributed by atoms with Gasteiger partial charge in [0.15, 0.2) is 0 Å². The molecule has 0 saturated heterocycles. The lowest BCUT2D eigenvalue weighted by molar-refractivity contribution is -0.141. The van der Waals surface area contributed by atoms with E-state index < -0.39 is 41.2 Å². The van der Waals surface area contributed by atoms with Crippen LogP contribution in [0.3, 0.4) is 0 Å². The van der Waals surface area contributed by atoms with E-state index in [1.165, 1.54) is 0 Å². The fourth-order valence-corrected chi connectivity index (χ4v) is 1.27. The van der Waals surface area contributed by atoms with Crippen molar-refractivity contribution in [1.82, 2.24) is 0 Å². The molecule has 0 bridgehead atoms. The van der Waals surface area contributed by atoms with E-state index >= 15 is 0 Å². The molecule has 102 valence electrons. The highest BCUT2D eigenvalue weighted by Gasteiger charge is 2.41. The fourth-order valence-electron chi connectivity index (χ4n) is 1.27. The zero-order valence-corrected chi connectivity index (χ0v) is 8.33. The molecule has 0 spiro atoms. The third-order valence-electron chi connectivity index (χ3n) is 2.07. The molecular formula is C9H5F8N. The molecule has 18 heavy (non-hydrogen) atoms. The standard InChI is InChI=1S/C9H5F8N/c10-7(11)3-1-4(8(12,13)14)6(18)5(2-3)9(15,16)17/h1-2,7H,18H2. The van der Waals surface area contributed by atoms with Gasteiger partial charge in [-0.3, -0.25) is 0 Å². The maximum atomic E-state index is 12.4. The third kappa shape index (κ3) is 2.82. The zero-order chi connectivity index (χ0) is 14.3. The van der Waals surface area contributed by atoms with Gasteiger partial charge in [-0.25, -0.2) is 8.78 Å². The van der Waals surface area contributed by atoms with Crippen LogP contribution < -0.4 is 5.73 Å². The number of hydrogen-bond donors (Lipinski definition) is 1. The highest BCUT2D eigenvalue weighted by atomic mass is 19.4. The average molecular weight is 279 g/mol. The van der Waals surface area contributed by atoms with Crippen LogP contribution >= 0.6 is 0 Å². The van der Waals surface area contributed by atoms with Crippen molar-refractivity contribution >= 4 is 5.69 Å². The van der Waals surface area contributed by atoms with Gasteiger partial charge in [0.05, 0.1) is 16.8 Å². The summed E-state index contributed by atoms with van der Waals surface area (Å²) in [6.07, 6.45) is -13.9. The van der Waals surface area contributed by atoms with E-state index in [4.69, 9.17) is 5.73 Å². The van der Waals surface area contributed by atoms with Gasteiger partial charge in [0, 0.05) is 5.56 Å².